The molecule has 20 heavy (non-hydrogen) atoms. The molecule has 5 heteroatoms. The number of ether oxygens (including phenoxy) is 2. The van der Waals surface area contributed by atoms with Crippen molar-refractivity contribution >= 4 is 17.7 Å². The summed E-state index contributed by atoms with van der Waals surface area (Å²) in [5.74, 6) is 0.940. The van der Waals surface area contributed by atoms with E-state index in [1.165, 1.54) is 13.2 Å². The van der Waals surface area contributed by atoms with Crippen LogP contribution in [0.15, 0.2) is 17.7 Å². The second-order valence-electron chi connectivity index (χ2n) is 4.15. The molecule has 4 nitrogen and oxygen atoms in total. The molecule has 0 saturated carbocycles. The van der Waals surface area contributed by atoms with Crippen molar-refractivity contribution in [3.8, 4) is 23.6 Å². The number of hydrogen-bond donors (Lipinski definition) is 0. The van der Waals surface area contributed by atoms with Crippen LogP contribution >= 0.6 is 11.6 Å². The Morgan fingerprint density at radius 3 is 2.55 bits per heavy atom. The highest BCUT2D eigenvalue weighted by Crippen LogP contribution is 2.37. The zero-order valence-corrected chi connectivity index (χ0v) is 12.4. The molecule has 0 aliphatic rings. The van der Waals surface area contributed by atoms with Gasteiger partial charge < -0.3 is 9.47 Å². The Bertz CT molecular complexity index is 581. The van der Waals surface area contributed by atoms with Gasteiger partial charge in [-0.3, -0.25) is 0 Å². The van der Waals surface area contributed by atoms with Crippen molar-refractivity contribution in [3.05, 3.63) is 28.3 Å². The normalized spacial score (nSPS) is 10.9. The third kappa shape index (κ3) is 3.91. The van der Waals surface area contributed by atoms with Gasteiger partial charge in [0.05, 0.1) is 18.2 Å². The lowest BCUT2D eigenvalue weighted by atomic mass is 10.1. The first-order valence-corrected chi connectivity index (χ1v) is 6.49. The standard InChI is InChI=1S/C15H15ClN2O2/c1-4-10(2)20-15-13(16)6-11(7-14(15)19-3)5-12(8-17)9-18/h5-7,10H,4H2,1-3H3. The maximum atomic E-state index is 8.76. The van der Waals surface area contributed by atoms with Gasteiger partial charge in [-0.2, -0.15) is 10.5 Å². The molecular weight excluding hydrogens is 276 g/mol. The predicted molar refractivity (Wildman–Crippen MR) is 77.6 cm³/mol. The van der Waals surface area contributed by atoms with Crippen LogP contribution in [0.1, 0.15) is 25.8 Å². The fourth-order valence-electron chi connectivity index (χ4n) is 1.48. The molecule has 0 amide bonds. The highest BCUT2D eigenvalue weighted by atomic mass is 35.5. The van der Waals surface area contributed by atoms with E-state index in [4.69, 9.17) is 31.6 Å². The Kier molecular flexibility index (Phi) is 5.90. The van der Waals surface area contributed by atoms with Crippen LogP contribution in [0.25, 0.3) is 6.08 Å². The third-order valence-corrected chi connectivity index (χ3v) is 2.98. The highest BCUT2D eigenvalue weighted by molar-refractivity contribution is 6.32. The second kappa shape index (κ2) is 7.43. The first-order chi connectivity index (χ1) is 9.55. The number of hydrogen-bond acceptors (Lipinski definition) is 4. The molecule has 1 aromatic carbocycles. The van der Waals surface area contributed by atoms with Crippen LogP contribution in [0, 0.1) is 22.7 Å². The zero-order chi connectivity index (χ0) is 15.1. The van der Waals surface area contributed by atoms with Crippen LogP contribution < -0.4 is 9.47 Å². The van der Waals surface area contributed by atoms with Crippen molar-refractivity contribution < 1.29 is 9.47 Å². The fraction of sp³-hybridized carbons (Fsp3) is 0.333. The lowest BCUT2D eigenvalue weighted by molar-refractivity contribution is 0.208. The second-order valence-corrected chi connectivity index (χ2v) is 4.56. The third-order valence-electron chi connectivity index (χ3n) is 2.70. The summed E-state index contributed by atoms with van der Waals surface area (Å²) in [4.78, 5) is 0. The van der Waals surface area contributed by atoms with E-state index in [1.807, 2.05) is 13.8 Å². The van der Waals surface area contributed by atoms with Gasteiger partial charge in [0.15, 0.2) is 11.5 Å². The van der Waals surface area contributed by atoms with E-state index in [0.29, 0.717) is 22.1 Å². The summed E-state index contributed by atoms with van der Waals surface area (Å²) < 4.78 is 11.0. The number of allylic oxidation sites excluding steroid dienone is 1. The highest BCUT2D eigenvalue weighted by Gasteiger charge is 2.14. The quantitative estimate of drug-likeness (QED) is 0.770. The Morgan fingerprint density at radius 1 is 1.40 bits per heavy atom. The summed E-state index contributed by atoms with van der Waals surface area (Å²) in [6.45, 7) is 3.95. The van der Waals surface area contributed by atoms with Gasteiger partial charge in [0.1, 0.15) is 17.7 Å². The fourth-order valence-corrected chi connectivity index (χ4v) is 1.74. The summed E-state index contributed by atoms with van der Waals surface area (Å²) in [5, 5.41) is 17.9. The monoisotopic (exact) mass is 290 g/mol. The molecule has 104 valence electrons. The molecule has 0 spiro atoms. The van der Waals surface area contributed by atoms with E-state index in [-0.39, 0.29) is 11.7 Å². The van der Waals surface area contributed by atoms with Gasteiger partial charge in [-0.25, -0.2) is 0 Å². The maximum absolute atomic E-state index is 8.76. The molecule has 0 aliphatic heterocycles. The van der Waals surface area contributed by atoms with Gasteiger partial charge in [-0.1, -0.05) is 18.5 Å². The van der Waals surface area contributed by atoms with E-state index in [0.717, 1.165) is 6.42 Å². The molecule has 0 fully saturated rings. The van der Waals surface area contributed by atoms with Crippen molar-refractivity contribution in [2.45, 2.75) is 26.4 Å². The molecule has 1 rings (SSSR count). The number of benzene rings is 1. The molecule has 0 radical (unpaired) electrons. The minimum Gasteiger partial charge on any atom is -0.493 e. The summed E-state index contributed by atoms with van der Waals surface area (Å²) in [6, 6.07) is 6.91. The lowest BCUT2D eigenvalue weighted by Gasteiger charge is -2.17. The van der Waals surface area contributed by atoms with Crippen molar-refractivity contribution in [2.24, 2.45) is 0 Å². The number of rotatable bonds is 5. The van der Waals surface area contributed by atoms with Gasteiger partial charge in [0, 0.05) is 0 Å². The van der Waals surface area contributed by atoms with E-state index in [1.54, 1.807) is 24.3 Å². The van der Waals surface area contributed by atoms with Gasteiger partial charge in [-0.15, -0.1) is 0 Å². The summed E-state index contributed by atoms with van der Waals surface area (Å²) in [6.07, 6.45) is 2.30. The molecule has 0 heterocycles. The van der Waals surface area contributed by atoms with Crippen molar-refractivity contribution in [3.63, 3.8) is 0 Å². The summed E-state index contributed by atoms with van der Waals surface area (Å²) in [5.41, 5.74) is 0.611. The van der Waals surface area contributed by atoms with Gasteiger partial charge in [-0.05, 0) is 37.1 Å². The molecule has 0 N–H and O–H groups in total. The zero-order valence-electron chi connectivity index (χ0n) is 11.6. The lowest BCUT2D eigenvalue weighted by Crippen LogP contribution is -2.11. The first kappa shape index (κ1) is 15.9. The number of halogens is 1. The smallest absolute Gasteiger partial charge is 0.180 e. The average molecular weight is 291 g/mol. The van der Waals surface area contributed by atoms with E-state index in [2.05, 4.69) is 0 Å². The average Bonchev–Trinajstić information content (AvgIpc) is 2.46. The molecular formula is C15H15ClN2O2. The van der Waals surface area contributed by atoms with Gasteiger partial charge >= 0.3 is 0 Å². The van der Waals surface area contributed by atoms with Crippen molar-refractivity contribution in [1.29, 1.82) is 10.5 Å². The Labute approximate surface area is 123 Å². The topological polar surface area (TPSA) is 66.0 Å². The van der Waals surface area contributed by atoms with Crippen LogP contribution in [0.2, 0.25) is 5.02 Å². The SMILES string of the molecule is CCC(C)Oc1c(Cl)cc(C=C(C#N)C#N)cc1OC. The summed E-state index contributed by atoms with van der Waals surface area (Å²) in [7, 11) is 1.51. The predicted octanol–water partition coefficient (Wildman–Crippen LogP) is 3.96. The Balaban J connectivity index is 3.24. The van der Waals surface area contributed by atoms with Gasteiger partial charge in [0.25, 0.3) is 0 Å². The molecule has 0 aromatic heterocycles. The van der Waals surface area contributed by atoms with E-state index < -0.39 is 0 Å². The molecule has 0 aliphatic carbocycles. The minimum absolute atomic E-state index is 0.00119. The molecule has 1 atom stereocenters. The first-order valence-electron chi connectivity index (χ1n) is 6.11. The minimum atomic E-state index is -0.00119. The van der Waals surface area contributed by atoms with Crippen LogP contribution in [-0.2, 0) is 0 Å². The number of nitriles is 2. The largest absolute Gasteiger partial charge is 0.493 e. The van der Waals surface area contributed by atoms with Crippen LogP contribution in [0.5, 0.6) is 11.5 Å². The van der Waals surface area contributed by atoms with Crippen LogP contribution in [0.3, 0.4) is 0 Å². The Morgan fingerprint density at radius 2 is 2.05 bits per heavy atom. The number of methoxy groups -OCH3 is 1. The van der Waals surface area contributed by atoms with Crippen LogP contribution in [-0.4, -0.2) is 13.2 Å². The summed E-state index contributed by atoms with van der Waals surface area (Å²) >= 11 is 6.18. The van der Waals surface area contributed by atoms with Gasteiger partial charge in [0.2, 0.25) is 0 Å². The Hall–Kier alpha value is -2.17. The molecule has 1 unspecified atom stereocenters. The van der Waals surface area contributed by atoms with E-state index >= 15 is 0 Å². The van der Waals surface area contributed by atoms with Crippen LogP contribution in [0.4, 0.5) is 0 Å². The van der Waals surface area contributed by atoms with Crippen molar-refractivity contribution in [2.75, 3.05) is 7.11 Å². The van der Waals surface area contributed by atoms with E-state index in [9.17, 15) is 0 Å². The maximum Gasteiger partial charge on any atom is 0.180 e. The molecule has 0 saturated heterocycles. The number of nitrogens with zero attached hydrogens (tertiary/aromatic N) is 2. The molecule has 0 bridgehead atoms. The molecule has 1 aromatic rings. The van der Waals surface area contributed by atoms with Crippen molar-refractivity contribution in [1.82, 2.24) is 0 Å².